The number of hydrogen-bond donors (Lipinski definition) is 0. The van der Waals surface area contributed by atoms with Crippen LogP contribution in [0.15, 0.2) is 84.8 Å². The summed E-state index contributed by atoms with van der Waals surface area (Å²) in [5, 5.41) is 0. The van der Waals surface area contributed by atoms with Crippen LogP contribution in [0.25, 0.3) is 0 Å². The molecule has 0 aromatic carbocycles. The number of terminal acetylenes is 1. The van der Waals surface area contributed by atoms with Gasteiger partial charge >= 0.3 is 0 Å². The molecule has 0 fully saturated rings. The van der Waals surface area contributed by atoms with Crippen LogP contribution >= 0.6 is 0 Å². The van der Waals surface area contributed by atoms with Gasteiger partial charge in [0.15, 0.2) is 0 Å². The van der Waals surface area contributed by atoms with Crippen LogP contribution in [0.2, 0.25) is 0 Å². The van der Waals surface area contributed by atoms with E-state index in [4.69, 9.17) is 0 Å². The van der Waals surface area contributed by atoms with Gasteiger partial charge in [0.1, 0.15) is 0 Å². The van der Waals surface area contributed by atoms with Crippen LogP contribution in [0.3, 0.4) is 0 Å². The van der Waals surface area contributed by atoms with Crippen molar-refractivity contribution in [3.63, 3.8) is 0 Å². The zero-order valence-corrected chi connectivity index (χ0v) is 15.1. The minimum Gasteiger partial charge on any atom is -0.341 e. The molecule has 0 unspecified atom stereocenters. The average Bonchev–Trinajstić information content (AvgIpc) is 2.81. The van der Waals surface area contributed by atoms with Crippen molar-refractivity contribution in [1.29, 1.82) is 0 Å². The molecule has 1 heteroatoms. The Morgan fingerprint density at radius 1 is 1.22 bits per heavy atom. The third kappa shape index (κ3) is 9.98. The zero-order chi connectivity index (χ0) is 18.1. The van der Waals surface area contributed by atoms with Crippen molar-refractivity contribution in [2.24, 2.45) is 0 Å². The Morgan fingerprint density at radius 2 is 1.83 bits per heavy atom. The molecule has 0 aromatic heterocycles. The van der Waals surface area contributed by atoms with Crippen molar-refractivity contribution in [2.45, 2.75) is 34.1 Å². The summed E-state index contributed by atoms with van der Waals surface area (Å²) in [6, 6.07) is 0. The largest absolute Gasteiger partial charge is 0.341 e. The van der Waals surface area contributed by atoms with Gasteiger partial charge in [0.2, 0.25) is 0 Å². The normalized spacial score (nSPS) is 13.4. The first-order chi connectivity index (χ1) is 11.1. The molecule has 0 spiro atoms. The topological polar surface area (TPSA) is 3.24 Å². The van der Waals surface area contributed by atoms with Crippen LogP contribution in [-0.2, 0) is 0 Å². The SMILES string of the molecule is C#C.C/C=C\C.C=CCN(C1=CC=CC(C)=CC1)/C(C=C)=C/C. The molecular formula is C22H31N. The molecule has 0 saturated carbocycles. The van der Waals surface area contributed by atoms with Gasteiger partial charge in [-0.3, -0.25) is 0 Å². The summed E-state index contributed by atoms with van der Waals surface area (Å²) in [4.78, 5) is 2.24. The Labute approximate surface area is 143 Å². The molecule has 0 N–H and O–H groups in total. The first-order valence-corrected chi connectivity index (χ1v) is 7.76. The Balaban J connectivity index is 0. The molecule has 23 heavy (non-hydrogen) atoms. The second kappa shape index (κ2) is 15.9. The minimum absolute atomic E-state index is 0.804. The first kappa shape index (κ1) is 22.8. The third-order valence-corrected chi connectivity index (χ3v) is 3.09. The van der Waals surface area contributed by atoms with E-state index in [9.17, 15) is 0 Å². The van der Waals surface area contributed by atoms with E-state index in [1.807, 2.05) is 45.1 Å². The molecule has 0 atom stereocenters. The highest BCUT2D eigenvalue weighted by Crippen LogP contribution is 2.20. The Bertz CT molecular complexity index is 501. The molecule has 0 saturated heterocycles. The van der Waals surface area contributed by atoms with Crippen molar-refractivity contribution in [3.8, 4) is 12.8 Å². The fourth-order valence-corrected chi connectivity index (χ4v) is 1.81. The fourth-order valence-electron chi connectivity index (χ4n) is 1.81. The zero-order valence-electron chi connectivity index (χ0n) is 15.1. The number of allylic oxidation sites excluding steroid dienone is 9. The molecule has 0 aliphatic heterocycles. The Kier molecular flexibility index (Phi) is 15.8. The molecule has 1 nitrogen and oxygen atoms in total. The van der Waals surface area contributed by atoms with Crippen molar-refractivity contribution in [1.82, 2.24) is 4.90 Å². The quantitative estimate of drug-likeness (QED) is 0.333. The van der Waals surface area contributed by atoms with Gasteiger partial charge in [-0.1, -0.05) is 54.7 Å². The molecule has 0 heterocycles. The van der Waals surface area contributed by atoms with Gasteiger partial charge in [-0.05, 0) is 39.8 Å². The van der Waals surface area contributed by atoms with E-state index >= 15 is 0 Å². The van der Waals surface area contributed by atoms with E-state index in [1.54, 1.807) is 0 Å². The number of hydrogen-bond acceptors (Lipinski definition) is 1. The maximum Gasteiger partial charge on any atom is 0.0406 e. The third-order valence-electron chi connectivity index (χ3n) is 3.09. The Hall–Kier alpha value is -2.46. The molecule has 124 valence electrons. The number of nitrogens with zero attached hydrogens (tertiary/aromatic N) is 1. The van der Waals surface area contributed by atoms with E-state index in [-0.39, 0.29) is 0 Å². The van der Waals surface area contributed by atoms with Crippen LogP contribution in [-0.4, -0.2) is 11.4 Å². The van der Waals surface area contributed by atoms with Gasteiger partial charge in [-0.2, -0.15) is 0 Å². The second-order valence-corrected chi connectivity index (χ2v) is 4.65. The molecule has 0 aromatic rings. The lowest BCUT2D eigenvalue weighted by atomic mass is 10.2. The summed E-state index contributed by atoms with van der Waals surface area (Å²) in [6.45, 7) is 16.6. The van der Waals surface area contributed by atoms with E-state index in [0.29, 0.717) is 0 Å². The van der Waals surface area contributed by atoms with E-state index in [2.05, 4.69) is 68.2 Å². The van der Waals surface area contributed by atoms with Crippen molar-refractivity contribution in [2.75, 3.05) is 6.54 Å². The van der Waals surface area contributed by atoms with Gasteiger partial charge in [-0.25, -0.2) is 0 Å². The molecule has 0 radical (unpaired) electrons. The summed E-state index contributed by atoms with van der Waals surface area (Å²) in [7, 11) is 0. The van der Waals surface area contributed by atoms with E-state index in [1.165, 1.54) is 11.3 Å². The molecule has 1 aliphatic rings. The van der Waals surface area contributed by atoms with Gasteiger partial charge in [0.05, 0.1) is 0 Å². The second-order valence-electron chi connectivity index (χ2n) is 4.65. The lowest BCUT2D eigenvalue weighted by Crippen LogP contribution is -2.21. The van der Waals surface area contributed by atoms with E-state index < -0.39 is 0 Å². The van der Waals surface area contributed by atoms with Crippen molar-refractivity contribution >= 4 is 0 Å². The lowest BCUT2D eigenvalue weighted by molar-refractivity contribution is 0.477. The molecule has 0 amide bonds. The molecule has 0 bridgehead atoms. The highest BCUT2D eigenvalue weighted by molar-refractivity contribution is 5.32. The lowest BCUT2D eigenvalue weighted by Gasteiger charge is -2.26. The van der Waals surface area contributed by atoms with Gasteiger partial charge < -0.3 is 4.90 Å². The molecular weight excluding hydrogens is 278 g/mol. The predicted octanol–water partition coefficient (Wildman–Crippen LogP) is 6.19. The summed E-state index contributed by atoms with van der Waals surface area (Å²) in [5.74, 6) is 0. The maximum absolute atomic E-state index is 4.00. The van der Waals surface area contributed by atoms with Crippen LogP contribution in [0.1, 0.15) is 34.1 Å². The fraction of sp³-hybridized carbons (Fsp3) is 0.273. The van der Waals surface area contributed by atoms with Crippen molar-refractivity contribution in [3.05, 3.63) is 84.8 Å². The molecule has 1 rings (SSSR count). The standard InChI is InChI=1S/C16H21N.C4H8.C2H2/c1-5-13-17(15(6-2)7-3)16-10-8-9-14(4)11-12-16;1-3-4-2;1-2/h5-11H,1-2,12-13H2,3-4H3;3-4H,1-2H3;1-2H/b15-7+;4-3-;. The monoisotopic (exact) mass is 309 g/mol. The molecule has 1 aliphatic carbocycles. The van der Waals surface area contributed by atoms with Gasteiger partial charge in [0, 0.05) is 24.4 Å². The summed E-state index contributed by atoms with van der Waals surface area (Å²) >= 11 is 0. The van der Waals surface area contributed by atoms with Crippen LogP contribution in [0, 0.1) is 12.8 Å². The van der Waals surface area contributed by atoms with Crippen LogP contribution in [0.5, 0.6) is 0 Å². The minimum atomic E-state index is 0.804. The highest BCUT2D eigenvalue weighted by atomic mass is 15.1. The van der Waals surface area contributed by atoms with E-state index in [0.717, 1.165) is 18.7 Å². The Morgan fingerprint density at radius 3 is 2.26 bits per heavy atom. The van der Waals surface area contributed by atoms with Gasteiger partial charge in [-0.15, -0.1) is 19.4 Å². The summed E-state index contributed by atoms with van der Waals surface area (Å²) in [5.41, 5.74) is 3.69. The smallest absolute Gasteiger partial charge is 0.0406 e. The highest BCUT2D eigenvalue weighted by Gasteiger charge is 2.10. The predicted molar refractivity (Wildman–Crippen MR) is 107 cm³/mol. The van der Waals surface area contributed by atoms with Gasteiger partial charge in [0.25, 0.3) is 0 Å². The summed E-state index contributed by atoms with van der Waals surface area (Å²) < 4.78 is 0. The number of rotatable bonds is 5. The first-order valence-electron chi connectivity index (χ1n) is 7.76. The maximum atomic E-state index is 4.00. The van der Waals surface area contributed by atoms with Crippen molar-refractivity contribution < 1.29 is 0 Å². The average molecular weight is 309 g/mol. The van der Waals surface area contributed by atoms with Crippen LogP contribution < -0.4 is 0 Å². The van der Waals surface area contributed by atoms with Crippen LogP contribution in [0.4, 0.5) is 0 Å². The summed E-state index contributed by atoms with van der Waals surface area (Å²) in [6.07, 6.45) is 27.4.